The van der Waals surface area contributed by atoms with Crippen LogP contribution in [0.3, 0.4) is 0 Å². The van der Waals surface area contributed by atoms with Gasteiger partial charge < -0.3 is 10.5 Å². The molecule has 0 bridgehead atoms. The van der Waals surface area contributed by atoms with Crippen LogP contribution in [-0.4, -0.2) is 29.3 Å². The smallest absolute Gasteiger partial charge is 0.0783 e. The maximum Gasteiger partial charge on any atom is 0.0783 e. The van der Waals surface area contributed by atoms with Crippen molar-refractivity contribution in [3.8, 4) is 0 Å². The third-order valence-corrected chi connectivity index (χ3v) is 5.91. The van der Waals surface area contributed by atoms with Gasteiger partial charge in [0.1, 0.15) is 0 Å². The van der Waals surface area contributed by atoms with Crippen LogP contribution >= 0.6 is 11.8 Å². The summed E-state index contributed by atoms with van der Waals surface area (Å²) in [6.45, 7) is 5.38. The first kappa shape index (κ1) is 12.7. The number of hydrogen-bond acceptors (Lipinski definition) is 3. The van der Waals surface area contributed by atoms with Crippen molar-refractivity contribution in [1.29, 1.82) is 0 Å². The Balaban J connectivity index is 2.06. The molecule has 0 aromatic rings. The highest BCUT2D eigenvalue weighted by atomic mass is 32.2. The molecular weight excluding hydrogens is 218 g/mol. The summed E-state index contributed by atoms with van der Waals surface area (Å²) < 4.78 is 6.06. The molecule has 1 spiro atoms. The normalized spacial score (nSPS) is 35.8. The van der Waals surface area contributed by atoms with Gasteiger partial charge >= 0.3 is 0 Å². The highest BCUT2D eigenvalue weighted by molar-refractivity contribution is 7.99. The molecule has 2 aliphatic rings. The fourth-order valence-corrected chi connectivity index (χ4v) is 4.59. The lowest BCUT2D eigenvalue weighted by molar-refractivity contribution is -0.0932. The monoisotopic (exact) mass is 243 g/mol. The zero-order valence-electron chi connectivity index (χ0n) is 10.6. The molecule has 0 aromatic carbocycles. The minimum absolute atomic E-state index is 0.0457. The second-order valence-corrected chi connectivity index (χ2v) is 6.57. The van der Waals surface area contributed by atoms with E-state index in [1.165, 1.54) is 24.3 Å². The summed E-state index contributed by atoms with van der Waals surface area (Å²) in [5, 5.41) is 0. The molecule has 2 nitrogen and oxygen atoms in total. The van der Waals surface area contributed by atoms with E-state index in [2.05, 4.69) is 13.8 Å². The van der Waals surface area contributed by atoms with Gasteiger partial charge in [-0.05, 0) is 43.8 Å². The molecule has 2 heterocycles. The standard InChI is InChI=1S/C13H25NOS/c1-3-13(14,4-2)11-5-7-15-12(9-11)6-8-16-10-12/h11H,3-10,14H2,1-2H3. The second kappa shape index (κ2) is 4.87. The van der Waals surface area contributed by atoms with Crippen LogP contribution in [0.1, 0.15) is 46.0 Å². The zero-order chi connectivity index (χ0) is 11.6. The zero-order valence-corrected chi connectivity index (χ0v) is 11.4. The molecule has 2 N–H and O–H groups in total. The van der Waals surface area contributed by atoms with Gasteiger partial charge in [0, 0.05) is 17.9 Å². The van der Waals surface area contributed by atoms with Crippen molar-refractivity contribution in [2.45, 2.75) is 57.1 Å². The molecule has 0 aliphatic carbocycles. The molecular formula is C13H25NOS. The quantitative estimate of drug-likeness (QED) is 0.828. The first-order valence-electron chi connectivity index (χ1n) is 6.65. The first-order chi connectivity index (χ1) is 7.64. The molecule has 2 unspecified atom stereocenters. The fourth-order valence-electron chi connectivity index (χ4n) is 3.21. The van der Waals surface area contributed by atoms with E-state index in [0.717, 1.165) is 25.9 Å². The Kier molecular flexibility index (Phi) is 3.87. The summed E-state index contributed by atoms with van der Waals surface area (Å²) in [6.07, 6.45) is 5.77. The summed E-state index contributed by atoms with van der Waals surface area (Å²) in [5.41, 5.74) is 6.79. The predicted molar refractivity (Wildman–Crippen MR) is 70.8 cm³/mol. The van der Waals surface area contributed by atoms with E-state index < -0.39 is 0 Å². The highest BCUT2D eigenvalue weighted by Gasteiger charge is 2.45. The topological polar surface area (TPSA) is 35.2 Å². The van der Waals surface area contributed by atoms with E-state index in [9.17, 15) is 0 Å². The Bertz CT molecular complexity index is 234. The number of hydrogen-bond donors (Lipinski definition) is 1. The molecule has 0 radical (unpaired) electrons. The molecule has 2 fully saturated rings. The second-order valence-electron chi connectivity index (χ2n) is 5.46. The molecule has 2 atom stereocenters. The molecule has 94 valence electrons. The van der Waals surface area contributed by atoms with Gasteiger partial charge in [-0.3, -0.25) is 0 Å². The molecule has 0 aromatic heterocycles. The van der Waals surface area contributed by atoms with Gasteiger partial charge in [-0.25, -0.2) is 0 Å². The average Bonchev–Trinajstić information content (AvgIpc) is 2.76. The lowest BCUT2D eigenvalue weighted by Gasteiger charge is -2.45. The highest BCUT2D eigenvalue weighted by Crippen LogP contribution is 2.44. The van der Waals surface area contributed by atoms with Crippen molar-refractivity contribution in [1.82, 2.24) is 0 Å². The molecule has 3 heteroatoms. The predicted octanol–water partition coefficient (Wildman–Crippen LogP) is 2.81. The fraction of sp³-hybridized carbons (Fsp3) is 1.00. The number of ether oxygens (including phenoxy) is 1. The maximum atomic E-state index is 6.56. The Morgan fingerprint density at radius 1 is 1.44 bits per heavy atom. The summed E-state index contributed by atoms with van der Waals surface area (Å²) in [7, 11) is 0. The minimum Gasteiger partial charge on any atom is -0.374 e. The van der Waals surface area contributed by atoms with Crippen molar-refractivity contribution in [3.05, 3.63) is 0 Å². The average molecular weight is 243 g/mol. The third-order valence-electron chi connectivity index (χ3n) is 4.69. The van der Waals surface area contributed by atoms with E-state index in [1.54, 1.807) is 0 Å². The Hall–Kier alpha value is 0.270. The molecule has 2 rings (SSSR count). The van der Waals surface area contributed by atoms with Crippen molar-refractivity contribution in [3.63, 3.8) is 0 Å². The molecule has 0 saturated carbocycles. The lowest BCUT2D eigenvalue weighted by atomic mass is 9.71. The van der Waals surface area contributed by atoms with E-state index in [1.807, 2.05) is 11.8 Å². The van der Waals surface area contributed by atoms with E-state index in [0.29, 0.717) is 5.92 Å². The summed E-state index contributed by atoms with van der Waals surface area (Å²) in [6, 6.07) is 0. The van der Waals surface area contributed by atoms with Gasteiger partial charge in [0.2, 0.25) is 0 Å². The molecule has 0 amide bonds. The van der Waals surface area contributed by atoms with Crippen LogP contribution in [0.4, 0.5) is 0 Å². The van der Waals surface area contributed by atoms with Crippen molar-refractivity contribution >= 4 is 11.8 Å². The molecule has 16 heavy (non-hydrogen) atoms. The third kappa shape index (κ3) is 2.27. The molecule has 2 saturated heterocycles. The number of thioether (sulfide) groups is 1. The largest absolute Gasteiger partial charge is 0.374 e. The first-order valence-corrected chi connectivity index (χ1v) is 7.80. The van der Waals surface area contributed by atoms with Crippen LogP contribution in [0.5, 0.6) is 0 Å². The number of nitrogens with two attached hydrogens (primary N) is 1. The minimum atomic E-state index is 0.0457. The van der Waals surface area contributed by atoms with Crippen LogP contribution in [0.2, 0.25) is 0 Å². The van der Waals surface area contributed by atoms with Gasteiger partial charge in [0.25, 0.3) is 0 Å². The number of rotatable bonds is 3. The Morgan fingerprint density at radius 3 is 2.75 bits per heavy atom. The van der Waals surface area contributed by atoms with Crippen molar-refractivity contribution < 1.29 is 4.74 Å². The van der Waals surface area contributed by atoms with Gasteiger partial charge in [0.15, 0.2) is 0 Å². The van der Waals surface area contributed by atoms with Crippen LogP contribution in [0.25, 0.3) is 0 Å². The SMILES string of the molecule is CCC(N)(CC)C1CCOC2(CCSC2)C1. The van der Waals surface area contributed by atoms with E-state index in [-0.39, 0.29) is 11.1 Å². The van der Waals surface area contributed by atoms with Gasteiger partial charge in [-0.2, -0.15) is 11.8 Å². The summed E-state index contributed by atoms with van der Waals surface area (Å²) in [5.74, 6) is 3.12. The van der Waals surface area contributed by atoms with Crippen LogP contribution in [0.15, 0.2) is 0 Å². The Labute approximate surface area is 104 Å². The summed E-state index contributed by atoms with van der Waals surface area (Å²) in [4.78, 5) is 0. The van der Waals surface area contributed by atoms with E-state index >= 15 is 0 Å². The summed E-state index contributed by atoms with van der Waals surface area (Å²) >= 11 is 2.04. The van der Waals surface area contributed by atoms with Crippen LogP contribution in [0, 0.1) is 5.92 Å². The van der Waals surface area contributed by atoms with Gasteiger partial charge in [-0.15, -0.1) is 0 Å². The van der Waals surface area contributed by atoms with E-state index in [4.69, 9.17) is 10.5 Å². The lowest BCUT2D eigenvalue weighted by Crippen LogP contribution is -2.53. The van der Waals surface area contributed by atoms with Crippen molar-refractivity contribution in [2.75, 3.05) is 18.1 Å². The van der Waals surface area contributed by atoms with Crippen LogP contribution in [-0.2, 0) is 4.74 Å². The van der Waals surface area contributed by atoms with Crippen LogP contribution < -0.4 is 5.73 Å². The van der Waals surface area contributed by atoms with Gasteiger partial charge in [-0.1, -0.05) is 13.8 Å². The van der Waals surface area contributed by atoms with Gasteiger partial charge in [0.05, 0.1) is 5.60 Å². The maximum absolute atomic E-state index is 6.56. The Morgan fingerprint density at radius 2 is 2.19 bits per heavy atom. The molecule has 2 aliphatic heterocycles. The van der Waals surface area contributed by atoms with Crippen molar-refractivity contribution in [2.24, 2.45) is 11.7 Å².